The number of ether oxygens (including phenoxy) is 1. The standard InChI is InChI=1S/C12H15BrN2O2.C3H6O2/c1-17-9-4-5-10-11(8-9)15(12(16)14-10)7-3-2-6-13;1-2-3(4)5/h4-5,8H,2-3,6-7H2,1H3,(H,14,16);2H2,1H3,(H,4,5). The van der Waals surface area contributed by atoms with Crippen LogP contribution in [0.4, 0.5) is 0 Å². The quantitative estimate of drug-likeness (QED) is 0.602. The number of hydrogen-bond donors (Lipinski definition) is 2. The highest BCUT2D eigenvalue weighted by Gasteiger charge is 2.07. The van der Waals surface area contributed by atoms with Gasteiger partial charge in [-0.25, -0.2) is 4.79 Å². The number of halogens is 1. The number of methoxy groups -OCH3 is 1. The van der Waals surface area contributed by atoms with Gasteiger partial charge in [0.2, 0.25) is 0 Å². The van der Waals surface area contributed by atoms with Gasteiger partial charge < -0.3 is 14.8 Å². The van der Waals surface area contributed by atoms with Gasteiger partial charge in [-0.3, -0.25) is 9.36 Å². The van der Waals surface area contributed by atoms with Gasteiger partial charge in [-0.2, -0.15) is 0 Å². The van der Waals surface area contributed by atoms with Crippen molar-refractivity contribution in [3.8, 4) is 5.75 Å². The number of nitrogens with zero attached hydrogens (tertiary/aromatic N) is 1. The number of unbranched alkanes of at least 4 members (excludes halogenated alkanes) is 1. The van der Waals surface area contributed by atoms with E-state index in [1.807, 2.05) is 18.2 Å². The summed E-state index contributed by atoms with van der Waals surface area (Å²) in [4.78, 5) is 24.0. The van der Waals surface area contributed by atoms with Gasteiger partial charge in [-0.15, -0.1) is 0 Å². The maximum atomic E-state index is 11.8. The highest BCUT2D eigenvalue weighted by molar-refractivity contribution is 9.09. The van der Waals surface area contributed by atoms with Gasteiger partial charge >= 0.3 is 11.7 Å². The molecule has 0 aliphatic rings. The fraction of sp³-hybridized carbons (Fsp3) is 0.467. The number of rotatable bonds is 6. The Labute approximate surface area is 137 Å². The summed E-state index contributed by atoms with van der Waals surface area (Å²) in [5.74, 6) is 0.0238. The average molecular weight is 373 g/mol. The SMILES string of the molecule is CCC(=O)O.COc1ccc2[nH]c(=O)n(CCCCBr)c2c1. The summed E-state index contributed by atoms with van der Waals surface area (Å²) in [7, 11) is 1.63. The van der Waals surface area contributed by atoms with Gasteiger partial charge in [0.25, 0.3) is 0 Å². The number of imidazole rings is 1. The van der Waals surface area contributed by atoms with E-state index in [2.05, 4.69) is 20.9 Å². The number of H-pyrrole nitrogens is 1. The number of fused-ring (bicyclic) bond motifs is 1. The predicted octanol–water partition coefficient (Wildman–Crippen LogP) is 2.99. The molecule has 0 saturated carbocycles. The van der Waals surface area contributed by atoms with E-state index in [4.69, 9.17) is 9.84 Å². The molecule has 2 rings (SSSR count). The number of carboxylic acids is 1. The van der Waals surface area contributed by atoms with E-state index in [-0.39, 0.29) is 12.1 Å². The molecule has 2 N–H and O–H groups in total. The second kappa shape index (κ2) is 9.30. The summed E-state index contributed by atoms with van der Waals surface area (Å²) in [6.07, 6.45) is 2.26. The molecule has 7 heteroatoms. The molecular formula is C15H21BrN2O4. The minimum absolute atomic E-state index is 0.0529. The average Bonchev–Trinajstić information content (AvgIpc) is 2.83. The number of carbonyl (C=O) groups is 1. The Morgan fingerprint density at radius 2 is 2.09 bits per heavy atom. The molecule has 0 radical (unpaired) electrons. The summed E-state index contributed by atoms with van der Waals surface area (Å²) in [6, 6.07) is 5.61. The lowest BCUT2D eigenvalue weighted by atomic mass is 10.3. The lowest BCUT2D eigenvalue weighted by Gasteiger charge is -2.03. The van der Waals surface area contributed by atoms with Gasteiger partial charge in [0.15, 0.2) is 0 Å². The minimum atomic E-state index is -0.745. The molecule has 0 spiro atoms. The molecule has 0 saturated heterocycles. The zero-order valence-corrected chi connectivity index (χ0v) is 14.4. The zero-order chi connectivity index (χ0) is 16.5. The number of aromatic amines is 1. The maximum absolute atomic E-state index is 11.8. The number of nitrogens with one attached hydrogen (secondary N) is 1. The van der Waals surface area contributed by atoms with Crippen molar-refractivity contribution >= 4 is 32.9 Å². The Hall–Kier alpha value is -1.76. The van der Waals surface area contributed by atoms with E-state index < -0.39 is 5.97 Å². The van der Waals surface area contributed by atoms with E-state index in [9.17, 15) is 9.59 Å². The van der Waals surface area contributed by atoms with Crippen molar-refractivity contribution in [1.82, 2.24) is 9.55 Å². The molecule has 1 aromatic heterocycles. The highest BCUT2D eigenvalue weighted by atomic mass is 79.9. The van der Waals surface area contributed by atoms with Crippen molar-refractivity contribution in [3.63, 3.8) is 0 Å². The van der Waals surface area contributed by atoms with Crippen molar-refractivity contribution in [2.75, 3.05) is 12.4 Å². The van der Waals surface area contributed by atoms with Crippen LogP contribution in [0.3, 0.4) is 0 Å². The first-order valence-electron chi connectivity index (χ1n) is 7.07. The summed E-state index contributed by atoms with van der Waals surface area (Å²) in [6.45, 7) is 2.33. The van der Waals surface area contributed by atoms with Crippen molar-refractivity contribution in [2.45, 2.75) is 32.7 Å². The maximum Gasteiger partial charge on any atom is 0.326 e. The number of aromatic nitrogens is 2. The number of hydrogen-bond acceptors (Lipinski definition) is 3. The van der Waals surface area contributed by atoms with E-state index >= 15 is 0 Å². The van der Waals surface area contributed by atoms with Crippen LogP contribution < -0.4 is 10.4 Å². The fourth-order valence-corrected chi connectivity index (χ4v) is 2.24. The van der Waals surface area contributed by atoms with Crippen molar-refractivity contribution in [1.29, 1.82) is 0 Å². The third kappa shape index (κ3) is 5.22. The van der Waals surface area contributed by atoms with E-state index in [0.29, 0.717) is 0 Å². The van der Waals surface area contributed by atoms with Crippen LogP contribution in [0.2, 0.25) is 0 Å². The summed E-state index contributed by atoms with van der Waals surface area (Å²) < 4.78 is 6.94. The Bertz CT molecular complexity index is 663. The van der Waals surface area contributed by atoms with Gasteiger partial charge in [0.05, 0.1) is 18.1 Å². The number of benzene rings is 1. The van der Waals surface area contributed by atoms with Gasteiger partial charge in [-0.1, -0.05) is 22.9 Å². The molecule has 6 nitrogen and oxygen atoms in total. The molecule has 0 fully saturated rings. The molecule has 2 aromatic rings. The van der Waals surface area contributed by atoms with Crippen LogP contribution in [0, 0.1) is 0 Å². The van der Waals surface area contributed by atoms with Crippen LogP contribution in [0.5, 0.6) is 5.75 Å². The first-order chi connectivity index (χ1) is 10.5. The summed E-state index contributed by atoms with van der Waals surface area (Å²) in [5.41, 5.74) is 1.71. The lowest BCUT2D eigenvalue weighted by Crippen LogP contribution is -2.16. The van der Waals surface area contributed by atoms with Crippen LogP contribution >= 0.6 is 15.9 Å². The molecule has 0 aliphatic heterocycles. The van der Waals surface area contributed by atoms with E-state index in [1.54, 1.807) is 18.6 Å². The van der Waals surface area contributed by atoms with E-state index in [1.165, 1.54) is 0 Å². The molecule has 122 valence electrons. The van der Waals surface area contributed by atoms with Crippen LogP contribution in [0.25, 0.3) is 11.0 Å². The first kappa shape index (κ1) is 18.3. The monoisotopic (exact) mass is 372 g/mol. The van der Waals surface area contributed by atoms with Gasteiger partial charge in [0.1, 0.15) is 5.75 Å². The Kier molecular flexibility index (Phi) is 7.73. The number of aryl methyl sites for hydroxylation is 1. The van der Waals surface area contributed by atoms with Crippen molar-refractivity contribution in [3.05, 3.63) is 28.7 Å². The Balaban J connectivity index is 0.000000422. The smallest absolute Gasteiger partial charge is 0.326 e. The largest absolute Gasteiger partial charge is 0.497 e. The molecule has 0 atom stereocenters. The lowest BCUT2D eigenvalue weighted by molar-refractivity contribution is -0.136. The van der Waals surface area contributed by atoms with Crippen molar-refractivity contribution < 1.29 is 14.6 Å². The zero-order valence-electron chi connectivity index (χ0n) is 12.8. The van der Waals surface area contributed by atoms with Crippen LogP contribution in [0.1, 0.15) is 26.2 Å². The van der Waals surface area contributed by atoms with Gasteiger partial charge in [0, 0.05) is 24.4 Å². The predicted molar refractivity (Wildman–Crippen MR) is 90.1 cm³/mol. The van der Waals surface area contributed by atoms with Crippen LogP contribution in [-0.4, -0.2) is 33.1 Å². The molecule has 0 bridgehead atoms. The molecule has 1 heterocycles. The molecular weight excluding hydrogens is 352 g/mol. The highest BCUT2D eigenvalue weighted by Crippen LogP contribution is 2.18. The molecule has 0 unspecified atom stereocenters. The third-order valence-electron chi connectivity index (χ3n) is 3.05. The Morgan fingerprint density at radius 1 is 1.41 bits per heavy atom. The Morgan fingerprint density at radius 3 is 2.64 bits per heavy atom. The second-order valence-corrected chi connectivity index (χ2v) is 5.40. The minimum Gasteiger partial charge on any atom is -0.497 e. The van der Waals surface area contributed by atoms with Crippen molar-refractivity contribution in [2.24, 2.45) is 0 Å². The molecule has 0 aliphatic carbocycles. The molecule has 1 aromatic carbocycles. The summed E-state index contributed by atoms with van der Waals surface area (Å²) >= 11 is 3.39. The number of aliphatic carboxylic acids is 1. The van der Waals surface area contributed by atoms with Crippen LogP contribution in [-0.2, 0) is 11.3 Å². The van der Waals surface area contributed by atoms with E-state index in [0.717, 1.165) is 41.5 Å². The first-order valence-corrected chi connectivity index (χ1v) is 8.20. The fourth-order valence-electron chi connectivity index (χ4n) is 1.85. The topological polar surface area (TPSA) is 84.3 Å². The van der Waals surface area contributed by atoms with Crippen LogP contribution in [0.15, 0.2) is 23.0 Å². The number of carboxylic acid groups (broad SMARTS) is 1. The molecule has 22 heavy (non-hydrogen) atoms. The molecule has 0 amide bonds. The third-order valence-corrected chi connectivity index (χ3v) is 3.61. The number of alkyl halides is 1. The second-order valence-electron chi connectivity index (χ2n) is 4.61. The summed E-state index contributed by atoms with van der Waals surface area (Å²) in [5, 5.41) is 8.69. The normalized spacial score (nSPS) is 10.1. The van der Waals surface area contributed by atoms with Gasteiger partial charge in [-0.05, 0) is 25.0 Å².